The van der Waals surface area contributed by atoms with Gasteiger partial charge in [-0.25, -0.2) is 0 Å². The standard InChI is InChI=1S/C13H19NO/c1-3-10-8-13(14,9-10)11-6-4-5-7-12(11)15-2/h4-7,10H,3,8-9,14H2,1-2H3. The number of methoxy groups -OCH3 is 1. The summed E-state index contributed by atoms with van der Waals surface area (Å²) in [7, 11) is 1.71. The van der Waals surface area contributed by atoms with Gasteiger partial charge in [-0.2, -0.15) is 0 Å². The van der Waals surface area contributed by atoms with Gasteiger partial charge in [-0.3, -0.25) is 0 Å². The highest BCUT2D eigenvalue weighted by atomic mass is 16.5. The second kappa shape index (κ2) is 3.86. The molecule has 2 rings (SSSR count). The minimum Gasteiger partial charge on any atom is -0.496 e. The highest BCUT2D eigenvalue weighted by Gasteiger charge is 2.42. The first-order valence-corrected chi connectivity index (χ1v) is 5.62. The van der Waals surface area contributed by atoms with E-state index in [1.165, 1.54) is 6.42 Å². The fourth-order valence-corrected chi connectivity index (χ4v) is 2.54. The second-order valence-corrected chi connectivity index (χ2v) is 4.54. The molecule has 0 radical (unpaired) electrons. The summed E-state index contributed by atoms with van der Waals surface area (Å²) in [6, 6.07) is 8.10. The highest BCUT2D eigenvalue weighted by molar-refractivity contribution is 5.40. The van der Waals surface area contributed by atoms with Crippen LogP contribution < -0.4 is 10.5 Å². The Bertz CT molecular complexity index is 342. The predicted octanol–water partition coefficient (Wildman–Crippen LogP) is 2.67. The zero-order chi connectivity index (χ0) is 10.9. The number of hydrogen-bond donors (Lipinski definition) is 1. The molecular formula is C13H19NO. The van der Waals surface area contributed by atoms with E-state index in [0.717, 1.165) is 30.1 Å². The van der Waals surface area contributed by atoms with Gasteiger partial charge in [0.05, 0.1) is 7.11 Å². The lowest BCUT2D eigenvalue weighted by atomic mass is 9.64. The molecule has 2 nitrogen and oxygen atoms in total. The minimum absolute atomic E-state index is 0.146. The van der Waals surface area contributed by atoms with Crippen molar-refractivity contribution in [3.63, 3.8) is 0 Å². The molecule has 0 unspecified atom stereocenters. The molecule has 15 heavy (non-hydrogen) atoms. The Morgan fingerprint density at radius 1 is 1.40 bits per heavy atom. The van der Waals surface area contributed by atoms with E-state index in [4.69, 9.17) is 10.5 Å². The van der Waals surface area contributed by atoms with Crippen molar-refractivity contribution >= 4 is 0 Å². The average molecular weight is 205 g/mol. The van der Waals surface area contributed by atoms with Gasteiger partial charge in [-0.15, -0.1) is 0 Å². The lowest BCUT2D eigenvalue weighted by molar-refractivity contribution is 0.140. The van der Waals surface area contributed by atoms with E-state index < -0.39 is 0 Å². The van der Waals surface area contributed by atoms with Crippen molar-refractivity contribution in [2.75, 3.05) is 7.11 Å². The topological polar surface area (TPSA) is 35.2 Å². The zero-order valence-corrected chi connectivity index (χ0v) is 9.49. The molecule has 0 saturated heterocycles. The number of nitrogens with two attached hydrogens (primary N) is 1. The third-order valence-electron chi connectivity index (χ3n) is 3.53. The number of rotatable bonds is 3. The number of benzene rings is 1. The predicted molar refractivity (Wildman–Crippen MR) is 61.9 cm³/mol. The van der Waals surface area contributed by atoms with Gasteiger partial charge in [0.2, 0.25) is 0 Å². The Balaban J connectivity index is 2.23. The van der Waals surface area contributed by atoms with Crippen molar-refractivity contribution in [2.24, 2.45) is 11.7 Å². The van der Waals surface area contributed by atoms with E-state index in [9.17, 15) is 0 Å². The molecular weight excluding hydrogens is 186 g/mol. The molecule has 0 atom stereocenters. The van der Waals surface area contributed by atoms with E-state index in [1.807, 2.05) is 18.2 Å². The van der Waals surface area contributed by atoms with Gasteiger partial charge in [-0.05, 0) is 24.8 Å². The molecule has 1 fully saturated rings. The van der Waals surface area contributed by atoms with Crippen molar-refractivity contribution in [3.05, 3.63) is 29.8 Å². The van der Waals surface area contributed by atoms with Gasteiger partial charge >= 0.3 is 0 Å². The maximum Gasteiger partial charge on any atom is 0.123 e. The Morgan fingerprint density at radius 2 is 2.07 bits per heavy atom. The maximum absolute atomic E-state index is 6.39. The summed E-state index contributed by atoms with van der Waals surface area (Å²) in [6.07, 6.45) is 3.40. The number of ether oxygens (including phenoxy) is 1. The van der Waals surface area contributed by atoms with Crippen molar-refractivity contribution in [2.45, 2.75) is 31.7 Å². The van der Waals surface area contributed by atoms with Crippen LogP contribution in [0.5, 0.6) is 5.75 Å². The molecule has 1 aliphatic rings. The van der Waals surface area contributed by atoms with E-state index in [2.05, 4.69) is 13.0 Å². The smallest absolute Gasteiger partial charge is 0.123 e. The first-order valence-electron chi connectivity index (χ1n) is 5.62. The zero-order valence-electron chi connectivity index (χ0n) is 9.49. The summed E-state index contributed by atoms with van der Waals surface area (Å²) in [5, 5.41) is 0. The highest BCUT2D eigenvalue weighted by Crippen LogP contribution is 2.47. The van der Waals surface area contributed by atoms with E-state index in [1.54, 1.807) is 7.11 Å². The van der Waals surface area contributed by atoms with Gasteiger partial charge in [0, 0.05) is 11.1 Å². The van der Waals surface area contributed by atoms with Gasteiger partial charge in [-0.1, -0.05) is 31.5 Å². The van der Waals surface area contributed by atoms with Crippen LogP contribution in [0.3, 0.4) is 0 Å². The Hall–Kier alpha value is -1.02. The van der Waals surface area contributed by atoms with Gasteiger partial charge in [0.25, 0.3) is 0 Å². The van der Waals surface area contributed by atoms with Crippen LogP contribution in [-0.2, 0) is 5.54 Å². The summed E-state index contributed by atoms with van der Waals surface area (Å²) in [5.74, 6) is 1.72. The molecule has 1 aromatic rings. The van der Waals surface area contributed by atoms with Crippen LogP contribution >= 0.6 is 0 Å². The first kappa shape index (κ1) is 10.5. The Labute approximate surface area is 91.4 Å². The molecule has 0 aliphatic heterocycles. The van der Waals surface area contributed by atoms with E-state index >= 15 is 0 Å². The molecule has 0 spiro atoms. The minimum atomic E-state index is -0.146. The van der Waals surface area contributed by atoms with Crippen LogP contribution in [0.25, 0.3) is 0 Å². The quantitative estimate of drug-likeness (QED) is 0.823. The molecule has 1 saturated carbocycles. The van der Waals surface area contributed by atoms with Crippen molar-refractivity contribution in [1.29, 1.82) is 0 Å². The maximum atomic E-state index is 6.39. The van der Waals surface area contributed by atoms with Crippen molar-refractivity contribution in [1.82, 2.24) is 0 Å². The van der Waals surface area contributed by atoms with Crippen LogP contribution in [0, 0.1) is 5.92 Å². The van der Waals surface area contributed by atoms with Crippen LogP contribution in [0.1, 0.15) is 31.7 Å². The SMILES string of the molecule is CCC1CC(N)(c2ccccc2OC)C1. The molecule has 1 aromatic carbocycles. The van der Waals surface area contributed by atoms with E-state index in [-0.39, 0.29) is 5.54 Å². The lowest BCUT2D eigenvalue weighted by Crippen LogP contribution is -2.48. The molecule has 2 N–H and O–H groups in total. The third-order valence-corrected chi connectivity index (χ3v) is 3.53. The fourth-order valence-electron chi connectivity index (χ4n) is 2.54. The molecule has 0 amide bonds. The van der Waals surface area contributed by atoms with Crippen molar-refractivity contribution < 1.29 is 4.74 Å². The normalized spacial score (nSPS) is 29.7. The van der Waals surface area contributed by atoms with Crippen molar-refractivity contribution in [3.8, 4) is 5.75 Å². The summed E-state index contributed by atoms with van der Waals surface area (Å²) in [4.78, 5) is 0. The summed E-state index contributed by atoms with van der Waals surface area (Å²) >= 11 is 0. The Morgan fingerprint density at radius 3 is 2.67 bits per heavy atom. The second-order valence-electron chi connectivity index (χ2n) is 4.54. The first-order chi connectivity index (χ1) is 7.19. The van der Waals surface area contributed by atoms with E-state index in [0.29, 0.717) is 0 Å². The third kappa shape index (κ3) is 1.74. The molecule has 2 heteroatoms. The Kier molecular flexibility index (Phi) is 2.70. The fraction of sp³-hybridized carbons (Fsp3) is 0.538. The number of para-hydroxylation sites is 1. The van der Waals surface area contributed by atoms with Gasteiger partial charge < -0.3 is 10.5 Å². The van der Waals surface area contributed by atoms with Crippen LogP contribution in [0.2, 0.25) is 0 Å². The summed E-state index contributed by atoms with van der Waals surface area (Å²) in [6.45, 7) is 2.23. The van der Waals surface area contributed by atoms with Crippen LogP contribution in [-0.4, -0.2) is 7.11 Å². The molecule has 0 heterocycles. The monoisotopic (exact) mass is 205 g/mol. The molecule has 82 valence electrons. The molecule has 0 aromatic heterocycles. The number of hydrogen-bond acceptors (Lipinski definition) is 2. The van der Waals surface area contributed by atoms with Gasteiger partial charge in [0.1, 0.15) is 5.75 Å². The molecule has 1 aliphatic carbocycles. The van der Waals surface area contributed by atoms with Crippen LogP contribution in [0.4, 0.5) is 0 Å². The summed E-state index contributed by atoms with van der Waals surface area (Å²) < 4.78 is 5.36. The van der Waals surface area contributed by atoms with Gasteiger partial charge in [0.15, 0.2) is 0 Å². The lowest BCUT2D eigenvalue weighted by Gasteiger charge is -2.45. The largest absolute Gasteiger partial charge is 0.496 e. The van der Waals surface area contributed by atoms with Crippen LogP contribution in [0.15, 0.2) is 24.3 Å². The molecule has 0 bridgehead atoms. The average Bonchev–Trinajstić information content (AvgIpc) is 2.24. The summed E-state index contributed by atoms with van der Waals surface area (Å²) in [5.41, 5.74) is 7.41.